The van der Waals surface area contributed by atoms with Crippen molar-refractivity contribution in [3.8, 4) is 0 Å². The van der Waals surface area contributed by atoms with Crippen molar-refractivity contribution in [3.05, 3.63) is 64.7 Å². The van der Waals surface area contributed by atoms with Gasteiger partial charge in [0.1, 0.15) is 0 Å². The molecule has 2 aliphatic rings. The monoisotopic (exact) mass is 391 g/mol. The lowest BCUT2D eigenvalue weighted by Gasteiger charge is -2.28. The summed E-state index contributed by atoms with van der Waals surface area (Å²) in [6.45, 7) is 3.78. The summed E-state index contributed by atoms with van der Waals surface area (Å²) in [5.41, 5.74) is 5.89. The molecule has 29 heavy (non-hydrogen) atoms. The quantitative estimate of drug-likeness (QED) is 0.734. The number of fused-ring (bicyclic) bond motifs is 1. The third-order valence-corrected chi connectivity index (χ3v) is 6.05. The number of nitrogens with one attached hydrogen (secondary N) is 3. The van der Waals surface area contributed by atoms with Crippen molar-refractivity contribution >= 4 is 17.5 Å². The van der Waals surface area contributed by atoms with Crippen LogP contribution in [0.5, 0.6) is 0 Å². The fraction of sp³-hybridized carbons (Fsp3) is 0.417. The largest absolute Gasteiger partial charge is 0.352 e. The highest BCUT2D eigenvalue weighted by molar-refractivity contribution is 5.93. The molecule has 4 rings (SSSR count). The predicted octanol–water partition coefficient (Wildman–Crippen LogP) is 2.96. The van der Waals surface area contributed by atoms with Gasteiger partial charge in [-0.15, -0.1) is 0 Å². The second-order valence-electron chi connectivity index (χ2n) is 8.32. The Morgan fingerprint density at radius 3 is 2.48 bits per heavy atom. The summed E-state index contributed by atoms with van der Waals surface area (Å²) in [5.74, 6) is -0.392. The van der Waals surface area contributed by atoms with Gasteiger partial charge < -0.3 is 16.0 Å². The molecule has 0 unspecified atom stereocenters. The lowest BCUT2D eigenvalue weighted by molar-refractivity contribution is -0.127. The smallest absolute Gasteiger partial charge is 0.228 e. The molecule has 0 spiro atoms. The second-order valence-corrected chi connectivity index (χ2v) is 8.32. The van der Waals surface area contributed by atoms with Crippen LogP contribution in [0, 0.1) is 18.8 Å². The van der Waals surface area contributed by atoms with E-state index in [0.717, 1.165) is 24.1 Å². The van der Waals surface area contributed by atoms with Crippen LogP contribution in [0.25, 0.3) is 0 Å². The summed E-state index contributed by atoms with van der Waals surface area (Å²) in [4.78, 5) is 25.4. The molecule has 3 N–H and O–H groups in total. The van der Waals surface area contributed by atoms with Crippen LogP contribution in [0.3, 0.4) is 0 Å². The molecule has 2 atom stereocenters. The molecule has 1 fully saturated rings. The molecular weight excluding hydrogens is 362 g/mol. The Kier molecular flexibility index (Phi) is 5.95. The molecule has 0 radical (unpaired) electrons. The molecule has 2 aromatic carbocycles. The summed E-state index contributed by atoms with van der Waals surface area (Å²) >= 11 is 0. The summed E-state index contributed by atoms with van der Waals surface area (Å²) in [5, 5.41) is 9.33. The first kappa shape index (κ1) is 19.6. The number of carbonyl (C=O) groups is 2. The maximum absolute atomic E-state index is 12.8. The zero-order chi connectivity index (χ0) is 20.2. The van der Waals surface area contributed by atoms with Crippen molar-refractivity contribution in [1.29, 1.82) is 0 Å². The van der Waals surface area contributed by atoms with Crippen LogP contribution < -0.4 is 16.0 Å². The number of carbonyl (C=O) groups excluding carboxylic acids is 2. The standard InChI is InChI=1S/C24H29N3O2/c1-16-5-7-17(8-6-16)13-26-23(28)20-11-21(15-25-14-20)24(29)27-22-10-9-18-3-2-4-19(18)12-22/h5-10,12,20-21,25H,2-4,11,13-15H2,1H3,(H,26,28)(H,27,29)/t20-,21+/m0/s1. The summed E-state index contributed by atoms with van der Waals surface area (Å²) in [6, 6.07) is 14.4. The number of benzene rings is 2. The molecule has 2 aromatic rings. The van der Waals surface area contributed by atoms with Crippen molar-refractivity contribution in [2.75, 3.05) is 18.4 Å². The van der Waals surface area contributed by atoms with E-state index in [1.807, 2.05) is 37.3 Å². The average molecular weight is 392 g/mol. The molecule has 5 nitrogen and oxygen atoms in total. The van der Waals surface area contributed by atoms with Crippen LogP contribution in [0.15, 0.2) is 42.5 Å². The van der Waals surface area contributed by atoms with Crippen molar-refractivity contribution in [3.63, 3.8) is 0 Å². The highest BCUT2D eigenvalue weighted by Gasteiger charge is 2.31. The summed E-state index contributed by atoms with van der Waals surface area (Å²) in [6.07, 6.45) is 3.99. The second kappa shape index (κ2) is 8.78. The highest BCUT2D eigenvalue weighted by atomic mass is 16.2. The SMILES string of the molecule is Cc1ccc(CNC(=O)[C@@H]2CNC[C@H](C(=O)Nc3ccc4c(c3)CCC4)C2)cc1. The molecule has 0 bridgehead atoms. The number of aryl methyl sites for hydroxylation is 3. The Morgan fingerprint density at radius 1 is 0.966 bits per heavy atom. The normalized spacial score (nSPS) is 20.7. The highest BCUT2D eigenvalue weighted by Crippen LogP contribution is 2.26. The lowest BCUT2D eigenvalue weighted by atomic mass is 9.89. The molecule has 0 aromatic heterocycles. The number of hydrogen-bond acceptors (Lipinski definition) is 3. The van der Waals surface area contributed by atoms with Crippen LogP contribution >= 0.6 is 0 Å². The van der Waals surface area contributed by atoms with E-state index >= 15 is 0 Å². The van der Waals surface area contributed by atoms with Crippen LogP contribution in [0.1, 0.15) is 35.1 Å². The van der Waals surface area contributed by atoms with Gasteiger partial charge in [0.15, 0.2) is 0 Å². The zero-order valence-corrected chi connectivity index (χ0v) is 17.0. The molecular formula is C24H29N3O2. The van der Waals surface area contributed by atoms with Crippen LogP contribution in [-0.4, -0.2) is 24.9 Å². The molecule has 1 aliphatic heterocycles. The lowest BCUT2D eigenvalue weighted by Crippen LogP contribution is -2.47. The van der Waals surface area contributed by atoms with Gasteiger partial charge in [-0.1, -0.05) is 35.9 Å². The van der Waals surface area contributed by atoms with Gasteiger partial charge in [-0.2, -0.15) is 0 Å². The maximum atomic E-state index is 12.8. The molecule has 1 aliphatic carbocycles. The van der Waals surface area contributed by atoms with E-state index in [1.54, 1.807) is 0 Å². The molecule has 152 valence electrons. The maximum Gasteiger partial charge on any atom is 0.228 e. The van der Waals surface area contributed by atoms with Gasteiger partial charge in [0.2, 0.25) is 11.8 Å². The Hall–Kier alpha value is -2.66. The molecule has 1 saturated heterocycles. The van der Waals surface area contributed by atoms with E-state index in [0.29, 0.717) is 26.1 Å². The van der Waals surface area contributed by atoms with Crippen molar-refractivity contribution in [2.24, 2.45) is 11.8 Å². The topological polar surface area (TPSA) is 70.2 Å². The van der Waals surface area contributed by atoms with E-state index in [4.69, 9.17) is 0 Å². The number of piperidine rings is 1. The third kappa shape index (κ3) is 4.85. The van der Waals surface area contributed by atoms with Crippen molar-refractivity contribution in [1.82, 2.24) is 10.6 Å². The number of anilines is 1. The Morgan fingerprint density at radius 2 is 1.69 bits per heavy atom. The minimum Gasteiger partial charge on any atom is -0.352 e. The Bertz CT molecular complexity index is 891. The van der Waals surface area contributed by atoms with Gasteiger partial charge in [-0.3, -0.25) is 9.59 Å². The molecule has 1 heterocycles. The van der Waals surface area contributed by atoms with Crippen molar-refractivity contribution < 1.29 is 9.59 Å². The number of amides is 2. The van der Waals surface area contributed by atoms with Gasteiger partial charge in [0, 0.05) is 25.3 Å². The third-order valence-electron chi connectivity index (χ3n) is 6.05. The number of hydrogen-bond donors (Lipinski definition) is 3. The van der Waals surface area contributed by atoms with Crippen molar-refractivity contribution in [2.45, 2.75) is 39.2 Å². The molecule has 2 amide bonds. The van der Waals surface area contributed by atoms with Gasteiger partial charge in [-0.05, 0) is 61.4 Å². The predicted molar refractivity (Wildman–Crippen MR) is 115 cm³/mol. The van der Waals surface area contributed by atoms with E-state index in [-0.39, 0.29) is 23.7 Å². The van der Waals surface area contributed by atoms with Crippen LogP contribution in [0.2, 0.25) is 0 Å². The van der Waals surface area contributed by atoms with E-state index in [9.17, 15) is 9.59 Å². The fourth-order valence-electron chi connectivity index (χ4n) is 4.27. The first-order chi connectivity index (χ1) is 14.1. The van der Waals surface area contributed by atoms with Gasteiger partial charge in [0.05, 0.1) is 11.8 Å². The van der Waals surface area contributed by atoms with Gasteiger partial charge in [0.25, 0.3) is 0 Å². The molecule has 0 saturated carbocycles. The summed E-state index contributed by atoms with van der Waals surface area (Å²) in [7, 11) is 0. The van der Waals surface area contributed by atoms with E-state index in [2.05, 4.69) is 28.1 Å². The van der Waals surface area contributed by atoms with Crippen LogP contribution in [0.4, 0.5) is 5.69 Å². The minimum atomic E-state index is -0.202. The molecule has 5 heteroatoms. The fourth-order valence-corrected chi connectivity index (χ4v) is 4.27. The van der Waals surface area contributed by atoms with E-state index in [1.165, 1.54) is 23.1 Å². The number of rotatable bonds is 5. The average Bonchev–Trinajstić information content (AvgIpc) is 3.21. The Balaban J connectivity index is 1.30. The van der Waals surface area contributed by atoms with Gasteiger partial charge in [-0.25, -0.2) is 0 Å². The van der Waals surface area contributed by atoms with E-state index < -0.39 is 0 Å². The zero-order valence-electron chi connectivity index (χ0n) is 17.0. The Labute approximate surface area is 172 Å². The first-order valence-corrected chi connectivity index (χ1v) is 10.5. The minimum absolute atomic E-state index is 0.00751. The summed E-state index contributed by atoms with van der Waals surface area (Å²) < 4.78 is 0. The van der Waals surface area contributed by atoms with Crippen LogP contribution in [-0.2, 0) is 29.0 Å². The first-order valence-electron chi connectivity index (χ1n) is 10.5. The van der Waals surface area contributed by atoms with Gasteiger partial charge >= 0.3 is 0 Å².